The third-order valence-corrected chi connectivity index (χ3v) is 6.92. The van der Waals surface area contributed by atoms with Crippen LogP contribution in [0.5, 0.6) is 0 Å². The first-order valence-corrected chi connectivity index (χ1v) is 10.6. The molecule has 1 aromatic carbocycles. The number of rotatable bonds is 2. The highest BCUT2D eigenvalue weighted by atomic mass is 16.6. The molecule has 1 spiro atoms. The second-order valence-corrected chi connectivity index (χ2v) is 8.57. The molecule has 2 fully saturated rings. The summed E-state index contributed by atoms with van der Waals surface area (Å²) in [6.07, 6.45) is 1.66. The van der Waals surface area contributed by atoms with Gasteiger partial charge in [0.05, 0.1) is 11.0 Å². The Balaban J connectivity index is 1.67. The molecule has 0 saturated carbocycles. The molecule has 1 atom stereocenters. The van der Waals surface area contributed by atoms with Crippen molar-refractivity contribution in [3.05, 3.63) is 58.3 Å². The largest absolute Gasteiger partial charge is 0.363 e. The number of benzene rings is 1. The fourth-order valence-electron chi connectivity index (χ4n) is 5.29. The lowest BCUT2D eigenvalue weighted by molar-refractivity contribution is -0.384. The quantitative estimate of drug-likeness (QED) is 0.381. The van der Waals surface area contributed by atoms with Gasteiger partial charge in [0.15, 0.2) is 5.41 Å². The van der Waals surface area contributed by atoms with Crippen molar-refractivity contribution in [1.29, 1.82) is 0 Å². The zero-order chi connectivity index (χ0) is 23.5. The summed E-state index contributed by atoms with van der Waals surface area (Å²) in [5.74, 6) is -0.452. The number of piperazine rings is 1. The predicted octanol–water partition coefficient (Wildman–Crippen LogP) is 1.28. The average Bonchev–Trinajstić information content (AvgIpc) is 2.84. The minimum absolute atomic E-state index is 0.0269. The molecular formula is C22H22N6O5. The molecule has 3 aliphatic rings. The molecule has 1 aromatic heterocycles. The SMILES string of the molecule is CN1C(=O)N(C)C(=O)C2(Cc3cc([N+](=O)[O-])ccc3N3CCN(c4ccccn4)C[C@H]32)C1=O. The standard InChI is InChI=1S/C22H22N6O5/c1-24-19(29)22(20(30)25(2)21(24)31)12-14-11-15(28(32)33)6-7-16(14)27-10-9-26(13-17(22)27)18-5-3-4-8-23-18/h3-8,11,17H,9-10,12-13H2,1-2H3/t17-/m0/s1. The lowest BCUT2D eigenvalue weighted by Crippen LogP contribution is -2.74. The second-order valence-electron chi connectivity index (χ2n) is 8.57. The van der Waals surface area contributed by atoms with E-state index in [0.717, 1.165) is 21.3 Å². The van der Waals surface area contributed by atoms with Crippen molar-refractivity contribution in [2.45, 2.75) is 12.5 Å². The summed E-state index contributed by atoms with van der Waals surface area (Å²) in [5.41, 5.74) is -0.389. The molecule has 0 bridgehead atoms. The van der Waals surface area contributed by atoms with Gasteiger partial charge < -0.3 is 9.80 Å². The van der Waals surface area contributed by atoms with Gasteiger partial charge in [0.2, 0.25) is 11.8 Å². The van der Waals surface area contributed by atoms with Crippen LogP contribution in [0, 0.1) is 15.5 Å². The molecule has 0 aliphatic carbocycles. The van der Waals surface area contributed by atoms with Gasteiger partial charge in [-0.1, -0.05) is 6.07 Å². The Kier molecular flexibility index (Phi) is 4.59. The van der Waals surface area contributed by atoms with E-state index in [2.05, 4.69) is 4.98 Å². The number of non-ortho nitro benzene ring substituents is 1. The lowest BCUT2D eigenvalue weighted by atomic mass is 9.67. The first kappa shape index (κ1) is 20.9. The molecule has 3 aliphatic heterocycles. The maximum absolute atomic E-state index is 13.7. The van der Waals surface area contributed by atoms with Crippen LogP contribution in [0.15, 0.2) is 42.6 Å². The molecule has 5 rings (SSSR count). The molecule has 2 saturated heterocycles. The van der Waals surface area contributed by atoms with E-state index in [9.17, 15) is 24.5 Å². The Morgan fingerprint density at radius 3 is 2.42 bits per heavy atom. The highest BCUT2D eigenvalue weighted by Gasteiger charge is 2.64. The van der Waals surface area contributed by atoms with Crippen molar-refractivity contribution in [1.82, 2.24) is 14.8 Å². The van der Waals surface area contributed by atoms with Gasteiger partial charge in [0.1, 0.15) is 5.82 Å². The smallest absolute Gasteiger partial charge is 0.332 e. The van der Waals surface area contributed by atoms with Gasteiger partial charge in [0.25, 0.3) is 5.69 Å². The number of barbiturate groups is 1. The highest BCUT2D eigenvalue weighted by Crippen LogP contribution is 2.47. The number of nitrogens with zero attached hydrogens (tertiary/aromatic N) is 6. The van der Waals surface area contributed by atoms with Crippen LogP contribution in [0.1, 0.15) is 5.56 Å². The number of aromatic nitrogens is 1. The average molecular weight is 450 g/mol. The lowest BCUT2D eigenvalue weighted by Gasteiger charge is -2.56. The Morgan fingerprint density at radius 1 is 1.06 bits per heavy atom. The number of imide groups is 2. The molecule has 2 aromatic rings. The normalized spacial score (nSPS) is 21.9. The number of urea groups is 1. The summed E-state index contributed by atoms with van der Waals surface area (Å²) < 4.78 is 0. The van der Waals surface area contributed by atoms with Crippen LogP contribution in [0.2, 0.25) is 0 Å². The number of amides is 4. The summed E-state index contributed by atoms with van der Waals surface area (Å²) in [4.78, 5) is 61.1. The topological polar surface area (TPSA) is 120 Å². The number of nitro benzene ring substituents is 1. The second kappa shape index (κ2) is 7.26. The maximum Gasteiger partial charge on any atom is 0.332 e. The first-order valence-electron chi connectivity index (χ1n) is 10.6. The van der Waals surface area contributed by atoms with Crippen molar-refractivity contribution >= 4 is 35.0 Å². The Labute approximate surface area is 189 Å². The minimum Gasteiger partial charge on any atom is -0.363 e. The summed E-state index contributed by atoms with van der Waals surface area (Å²) in [6, 6.07) is 8.82. The van der Waals surface area contributed by atoms with Gasteiger partial charge in [-0.3, -0.25) is 29.5 Å². The Bertz CT molecular complexity index is 1160. The van der Waals surface area contributed by atoms with Crippen molar-refractivity contribution in [3.8, 4) is 0 Å². The molecule has 4 heterocycles. The monoisotopic (exact) mass is 450 g/mol. The third-order valence-electron chi connectivity index (χ3n) is 6.92. The van der Waals surface area contributed by atoms with E-state index in [1.165, 1.54) is 26.2 Å². The molecule has 33 heavy (non-hydrogen) atoms. The minimum atomic E-state index is -1.59. The van der Waals surface area contributed by atoms with Crippen LogP contribution in [0.3, 0.4) is 0 Å². The zero-order valence-corrected chi connectivity index (χ0v) is 18.2. The number of hydrogen-bond acceptors (Lipinski definition) is 8. The van der Waals surface area contributed by atoms with Gasteiger partial charge in [-0.05, 0) is 23.8 Å². The molecule has 11 heteroatoms. The number of pyridine rings is 1. The van der Waals surface area contributed by atoms with Crippen molar-refractivity contribution in [2.75, 3.05) is 43.5 Å². The van der Waals surface area contributed by atoms with Crippen LogP contribution in [-0.2, 0) is 16.0 Å². The van der Waals surface area contributed by atoms with E-state index in [1.54, 1.807) is 12.3 Å². The van der Waals surface area contributed by atoms with E-state index in [0.29, 0.717) is 25.2 Å². The number of hydrogen-bond donors (Lipinski definition) is 0. The van der Waals surface area contributed by atoms with Crippen molar-refractivity contribution in [3.63, 3.8) is 0 Å². The molecule has 0 unspecified atom stereocenters. The summed E-state index contributed by atoms with van der Waals surface area (Å²) in [7, 11) is 2.73. The summed E-state index contributed by atoms with van der Waals surface area (Å²) in [5, 5.41) is 11.4. The Morgan fingerprint density at radius 2 is 1.79 bits per heavy atom. The zero-order valence-electron chi connectivity index (χ0n) is 18.2. The summed E-state index contributed by atoms with van der Waals surface area (Å²) in [6.45, 7) is 1.41. The predicted molar refractivity (Wildman–Crippen MR) is 118 cm³/mol. The Hall–Kier alpha value is -4.02. The van der Waals surface area contributed by atoms with Gasteiger partial charge in [-0.2, -0.15) is 0 Å². The van der Waals surface area contributed by atoms with E-state index >= 15 is 0 Å². The summed E-state index contributed by atoms with van der Waals surface area (Å²) >= 11 is 0. The highest BCUT2D eigenvalue weighted by molar-refractivity contribution is 6.20. The van der Waals surface area contributed by atoms with E-state index in [4.69, 9.17) is 0 Å². The van der Waals surface area contributed by atoms with Crippen LogP contribution in [0.25, 0.3) is 0 Å². The van der Waals surface area contributed by atoms with E-state index < -0.39 is 34.2 Å². The van der Waals surface area contributed by atoms with Gasteiger partial charge >= 0.3 is 6.03 Å². The van der Waals surface area contributed by atoms with Crippen LogP contribution < -0.4 is 9.80 Å². The molecule has 4 amide bonds. The van der Waals surface area contributed by atoms with E-state index in [-0.39, 0.29) is 12.1 Å². The molecule has 0 N–H and O–H groups in total. The maximum atomic E-state index is 13.7. The number of fused-ring (bicyclic) bond motifs is 4. The van der Waals surface area contributed by atoms with Crippen LogP contribution in [0.4, 0.5) is 22.0 Å². The number of carbonyl (C=O) groups is 3. The molecule has 0 radical (unpaired) electrons. The fraction of sp³-hybridized carbons (Fsp3) is 0.364. The van der Waals surface area contributed by atoms with Gasteiger partial charge in [0, 0.05) is 64.2 Å². The van der Waals surface area contributed by atoms with Crippen LogP contribution in [-0.4, -0.2) is 77.3 Å². The van der Waals surface area contributed by atoms with Gasteiger partial charge in [-0.25, -0.2) is 9.78 Å². The number of anilines is 2. The van der Waals surface area contributed by atoms with Crippen molar-refractivity contribution < 1.29 is 19.3 Å². The molecule has 170 valence electrons. The third kappa shape index (κ3) is 2.88. The van der Waals surface area contributed by atoms with Crippen LogP contribution >= 0.6 is 0 Å². The fourth-order valence-corrected chi connectivity index (χ4v) is 5.29. The van der Waals surface area contributed by atoms with Crippen molar-refractivity contribution in [2.24, 2.45) is 5.41 Å². The van der Waals surface area contributed by atoms with Gasteiger partial charge in [-0.15, -0.1) is 0 Å². The molecule has 11 nitrogen and oxygen atoms in total. The number of carbonyl (C=O) groups excluding carboxylic acids is 3. The molecular weight excluding hydrogens is 428 g/mol. The first-order chi connectivity index (χ1) is 15.8. The van der Waals surface area contributed by atoms with E-state index in [1.807, 2.05) is 28.0 Å². The number of nitro groups is 1.